The predicted molar refractivity (Wildman–Crippen MR) is 145 cm³/mol. The maximum absolute atomic E-state index is 13.8. The number of unbranched alkanes of at least 4 members (excludes halogenated alkanes) is 2. The summed E-state index contributed by atoms with van der Waals surface area (Å²) in [6.45, 7) is 11.2. The monoisotopic (exact) mass is 516 g/mol. The van der Waals surface area contributed by atoms with Crippen LogP contribution in [0.25, 0.3) is 6.08 Å². The summed E-state index contributed by atoms with van der Waals surface area (Å²) in [5.41, 5.74) is 0.603. The first-order valence-corrected chi connectivity index (χ1v) is 13.6. The lowest BCUT2D eigenvalue weighted by molar-refractivity contribution is -0.141. The topological polar surface area (TPSA) is 112 Å². The molecule has 0 heterocycles. The van der Waals surface area contributed by atoms with E-state index in [-0.39, 0.29) is 12.5 Å². The number of benzene rings is 1. The second-order valence-electron chi connectivity index (χ2n) is 9.38. The first-order chi connectivity index (χ1) is 17.1. The van der Waals surface area contributed by atoms with Crippen LogP contribution in [0.2, 0.25) is 0 Å². The highest BCUT2D eigenvalue weighted by Crippen LogP contribution is 2.24. The number of rotatable bonds is 14. The van der Waals surface area contributed by atoms with Gasteiger partial charge in [-0.25, -0.2) is 4.79 Å². The van der Waals surface area contributed by atoms with Crippen LogP contribution in [-0.4, -0.2) is 59.5 Å². The van der Waals surface area contributed by atoms with E-state index in [1.54, 1.807) is 45.0 Å². The second-order valence-corrected chi connectivity index (χ2v) is 10.4. The molecule has 0 saturated heterocycles. The molecule has 0 aromatic heterocycles. The average Bonchev–Trinajstić information content (AvgIpc) is 2.82. The molecule has 8 nitrogen and oxygen atoms in total. The number of carbonyl (C=O) groups excluding carboxylic acids is 3. The third-order valence-corrected chi connectivity index (χ3v) is 5.87. The van der Waals surface area contributed by atoms with Crippen LogP contribution in [0.5, 0.6) is 0 Å². The molecular formula is C27H40N4O4S. The van der Waals surface area contributed by atoms with Crippen LogP contribution in [0.3, 0.4) is 0 Å². The Bertz CT molecular complexity index is 923. The summed E-state index contributed by atoms with van der Waals surface area (Å²) in [7, 11) is 0. The molecule has 36 heavy (non-hydrogen) atoms. The zero-order valence-corrected chi connectivity index (χ0v) is 23.0. The smallest absolute Gasteiger partial charge is 0.408 e. The molecule has 0 bridgehead atoms. The van der Waals surface area contributed by atoms with Crippen molar-refractivity contribution in [2.24, 2.45) is 0 Å². The molecule has 0 radical (unpaired) electrons. The van der Waals surface area contributed by atoms with Crippen molar-refractivity contribution in [2.45, 2.75) is 71.1 Å². The van der Waals surface area contributed by atoms with Crippen LogP contribution in [0.4, 0.5) is 4.79 Å². The van der Waals surface area contributed by atoms with Crippen molar-refractivity contribution >= 4 is 35.7 Å². The van der Waals surface area contributed by atoms with Crippen LogP contribution >= 0.6 is 11.8 Å². The van der Waals surface area contributed by atoms with Crippen LogP contribution in [-0.2, 0) is 14.3 Å². The molecule has 0 spiro atoms. The first kappa shape index (κ1) is 31.0. The molecule has 3 amide bonds. The van der Waals surface area contributed by atoms with Gasteiger partial charge in [0, 0.05) is 6.54 Å². The Morgan fingerprint density at radius 1 is 1.28 bits per heavy atom. The minimum absolute atomic E-state index is 0.318. The van der Waals surface area contributed by atoms with Gasteiger partial charge in [-0.05, 0) is 62.8 Å². The molecule has 0 aliphatic heterocycles. The largest absolute Gasteiger partial charge is 0.444 e. The van der Waals surface area contributed by atoms with Crippen molar-refractivity contribution in [3.8, 4) is 6.07 Å². The number of thioether (sulfide) groups is 1. The summed E-state index contributed by atoms with van der Waals surface area (Å²) in [6, 6.07) is 7.16. The van der Waals surface area contributed by atoms with Crippen molar-refractivity contribution in [1.29, 1.82) is 5.26 Å². The number of ether oxygens (including phenoxy) is 1. The summed E-state index contributed by atoms with van der Waals surface area (Å²) >= 11 is 1.53. The highest BCUT2D eigenvalue weighted by molar-refractivity contribution is 7.98. The Hall–Kier alpha value is -2.99. The number of nitrogens with zero attached hydrogens (tertiary/aromatic N) is 2. The Morgan fingerprint density at radius 2 is 2.00 bits per heavy atom. The number of amides is 3. The molecule has 1 aromatic carbocycles. The fraction of sp³-hybridized carbons (Fsp3) is 0.556. The summed E-state index contributed by atoms with van der Waals surface area (Å²) in [5, 5.41) is 15.2. The predicted octanol–water partition coefficient (Wildman–Crippen LogP) is 4.68. The Kier molecular flexibility index (Phi) is 13.7. The molecule has 2 N–H and O–H groups in total. The van der Waals surface area contributed by atoms with E-state index >= 15 is 0 Å². The molecule has 0 aliphatic rings. The Balaban J connectivity index is 3.39. The number of hydrogen-bond donors (Lipinski definition) is 2. The van der Waals surface area contributed by atoms with Crippen LogP contribution in [0.1, 0.15) is 70.5 Å². The molecule has 0 fully saturated rings. The van der Waals surface area contributed by atoms with E-state index in [0.717, 1.165) is 24.8 Å². The van der Waals surface area contributed by atoms with Gasteiger partial charge in [0.2, 0.25) is 11.8 Å². The zero-order chi connectivity index (χ0) is 27.1. The quantitative estimate of drug-likeness (QED) is 0.274. The highest BCUT2D eigenvalue weighted by Gasteiger charge is 2.36. The number of carbonyl (C=O) groups is 3. The molecule has 0 aliphatic carbocycles. The van der Waals surface area contributed by atoms with Gasteiger partial charge in [-0.15, -0.1) is 0 Å². The van der Waals surface area contributed by atoms with Crippen LogP contribution in [0, 0.1) is 11.3 Å². The maximum Gasteiger partial charge on any atom is 0.408 e. The van der Waals surface area contributed by atoms with Gasteiger partial charge in [0.05, 0.1) is 6.07 Å². The van der Waals surface area contributed by atoms with Gasteiger partial charge in [0.1, 0.15) is 24.2 Å². The molecule has 2 unspecified atom stereocenters. The number of hydrogen-bond acceptors (Lipinski definition) is 6. The molecule has 0 saturated carbocycles. The van der Waals surface area contributed by atoms with E-state index < -0.39 is 29.7 Å². The van der Waals surface area contributed by atoms with Gasteiger partial charge >= 0.3 is 6.09 Å². The maximum atomic E-state index is 13.8. The number of alkyl carbamates (subject to hydrolysis) is 1. The number of nitriles is 1. The van der Waals surface area contributed by atoms with E-state index in [0.29, 0.717) is 24.3 Å². The Labute approximate surface area is 219 Å². The molecular weight excluding hydrogens is 476 g/mol. The molecule has 9 heteroatoms. The normalized spacial score (nSPS) is 12.6. The van der Waals surface area contributed by atoms with E-state index in [4.69, 9.17) is 4.74 Å². The SMILES string of the molecule is C=Cc1cccc(C(C(=O)NCCCCC)N(CC#N)C(=O)C(CCSC)NC(=O)OC(C)(C)C)c1. The fourth-order valence-corrected chi connectivity index (χ4v) is 4.00. The third kappa shape index (κ3) is 10.7. The lowest BCUT2D eigenvalue weighted by atomic mass is 10.00. The minimum atomic E-state index is -1.05. The van der Waals surface area contributed by atoms with E-state index in [1.165, 1.54) is 16.7 Å². The Morgan fingerprint density at radius 3 is 2.58 bits per heavy atom. The minimum Gasteiger partial charge on any atom is -0.444 e. The average molecular weight is 517 g/mol. The van der Waals surface area contributed by atoms with Gasteiger partial charge in [0.15, 0.2) is 0 Å². The summed E-state index contributed by atoms with van der Waals surface area (Å²) in [5.74, 6) is -0.308. The fourth-order valence-electron chi connectivity index (χ4n) is 3.53. The second kappa shape index (κ2) is 15.9. The van der Waals surface area contributed by atoms with Gasteiger partial charge in [0.25, 0.3) is 0 Å². The van der Waals surface area contributed by atoms with Crippen molar-refractivity contribution in [1.82, 2.24) is 15.5 Å². The summed E-state index contributed by atoms with van der Waals surface area (Å²) < 4.78 is 5.35. The molecule has 1 aromatic rings. The zero-order valence-electron chi connectivity index (χ0n) is 22.1. The van der Waals surface area contributed by atoms with E-state index in [2.05, 4.69) is 24.1 Å². The summed E-state index contributed by atoms with van der Waals surface area (Å²) in [4.78, 5) is 40.9. The molecule has 198 valence electrons. The van der Waals surface area contributed by atoms with Crippen molar-refractivity contribution in [3.63, 3.8) is 0 Å². The molecule has 2 atom stereocenters. The van der Waals surface area contributed by atoms with E-state index in [9.17, 15) is 19.6 Å². The van der Waals surface area contributed by atoms with Gasteiger partial charge in [-0.1, -0.05) is 50.6 Å². The standard InChI is InChI=1S/C27H40N4O4S/c1-7-9-10-16-29-24(32)23(21-13-11-12-20(8-2)19-21)31(17-15-28)25(33)22(14-18-36-6)30-26(34)35-27(3,4)5/h8,11-13,19,22-23H,2,7,9-10,14,16-18H2,1,3-6H3,(H,29,32)(H,30,34). The van der Waals surface area contributed by atoms with Gasteiger partial charge < -0.3 is 20.3 Å². The first-order valence-electron chi connectivity index (χ1n) is 12.2. The van der Waals surface area contributed by atoms with Crippen molar-refractivity contribution in [3.05, 3.63) is 42.0 Å². The highest BCUT2D eigenvalue weighted by atomic mass is 32.2. The molecule has 1 rings (SSSR count). The van der Waals surface area contributed by atoms with Crippen molar-refractivity contribution < 1.29 is 19.1 Å². The van der Waals surface area contributed by atoms with Gasteiger partial charge in [-0.3, -0.25) is 9.59 Å². The number of nitrogens with one attached hydrogen (secondary N) is 2. The van der Waals surface area contributed by atoms with Crippen LogP contribution < -0.4 is 10.6 Å². The third-order valence-electron chi connectivity index (χ3n) is 5.23. The lowest BCUT2D eigenvalue weighted by Crippen LogP contribution is -2.53. The van der Waals surface area contributed by atoms with Gasteiger partial charge in [-0.2, -0.15) is 17.0 Å². The van der Waals surface area contributed by atoms with Crippen LogP contribution in [0.15, 0.2) is 30.8 Å². The lowest BCUT2D eigenvalue weighted by Gasteiger charge is -2.33. The summed E-state index contributed by atoms with van der Waals surface area (Å²) in [6.07, 6.45) is 5.93. The van der Waals surface area contributed by atoms with Crippen molar-refractivity contribution in [2.75, 3.05) is 25.1 Å². The van der Waals surface area contributed by atoms with E-state index in [1.807, 2.05) is 18.4 Å².